The molecule has 0 saturated carbocycles. The molecule has 1 rings (SSSR count). The Morgan fingerprint density at radius 1 is 1.29 bits per heavy atom. The van der Waals surface area contributed by atoms with Gasteiger partial charge < -0.3 is 11.1 Å². The molecule has 0 bridgehead atoms. The number of carbonyl (C=O) groups is 1. The van der Waals surface area contributed by atoms with E-state index in [-0.39, 0.29) is 24.1 Å². The Hall–Kier alpha value is -1.40. The summed E-state index contributed by atoms with van der Waals surface area (Å²) in [6, 6.07) is 7.05. The molecule has 1 aromatic rings. The standard InChI is InChI=1S/C15H24N2O3S/c1-4-12-5-7-13(8-6-12)11(2)17-15(18)14(16)9-10-21(3,19)20/h5-8,11,14H,4,9-10,16H2,1-3H3,(H,17,18). The Kier molecular flexibility index (Phi) is 6.36. The minimum Gasteiger partial charge on any atom is -0.348 e. The summed E-state index contributed by atoms with van der Waals surface area (Å²) in [5.74, 6) is -0.410. The number of carbonyl (C=O) groups excluding carboxylic acids is 1. The molecule has 5 nitrogen and oxygen atoms in total. The van der Waals surface area contributed by atoms with Crippen molar-refractivity contribution >= 4 is 15.7 Å². The van der Waals surface area contributed by atoms with Crippen LogP contribution in [0.5, 0.6) is 0 Å². The van der Waals surface area contributed by atoms with Crippen LogP contribution in [0.3, 0.4) is 0 Å². The normalized spacial score (nSPS) is 14.5. The van der Waals surface area contributed by atoms with Crippen LogP contribution in [0.2, 0.25) is 0 Å². The Morgan fingerprint density at radius 3 is 2.33 bits per heavy atom. The van der Waals surface area contributed by atoms with Crippen molar-refractivity contribution in [1.82, 2.24) is 5.32 Å². The van der Waals surface area contributed by atoms with Crippen LogP contribution in [0.25, 0.3) is 0 Å². The molecular weight excluding hydrogens is 288 g/mol. The van der Waals surface area contributed by atoms with Gasteiger partial charge in [0.05, 0.1) is 17.8 Å². The van der Waals surface area contributed by atoms with Gasteiger partial charge in [-0.05, 0) is 30.9 Å². The summed E-state index contributed by atoms with van der Waals surface area (Å²) in [5.41, 5.74) is 7.95. The van der Waals surface area contributed by atoms with Gasteiger partial charge in [0.25, 0.3) is 0 Å². The van der Waals surface area contributed by atoms with E-state index in [4.69, 9.17) is 5.73 Å². The zero-order chi connectivity index (χ0) is 16.0. The van der Waals surface area contributed by atoms with Crippen LogP contribution in [0.15, 0.2) is 24.3 Å². The third-order valence-corrected chi connectivity index (χ3v) is 4.36. The zero-order valence-corrected chi connectivity index (χ0v) is 13.6. The fourth-order valence-corrected chi connectivity index (χ4v) is 2.60. The second-order valence-corrected chi connectivity index (χ2v) is 7.61. The topological polar surface area (TPSA) is 89.3 Å². The highest BCUT2D eigenvalue weighted by Gasteiger charge is 2.18. The van der Waals surface area contributed by atoms with Crippen molar-refractivity contribution in [2.24, 2.45) is 5.73 Å². The SMILES string of the molecule is CCc1ccc(C(C)NC(=O)C(N)CCS(C)(=O)=O)cc1. The monoisotopic (exact) mass is 312 g/mol. The van der Waals surface area contributed by atoms with E-state index in [0.29, 0.717) is 0 Å². The molecule has 118 valence electrons. The molecule has 2 unspecified atom stereocenters. The number of benzene rings is 1. The van der Waals surface area contributed by atoms with Crippen LogP contribution < -0.4 is 11.1 Å². The maximum Gasteiger partial charge on any atom is 0.237 e. The van der Waals surface area contributed by atoms with Gasteiger partial charge in [-0.25, -0.2) is 8.42 Å². The van der Waals surface area contributed by atoms with Gasteiger partial charge >= 0.3 is 0 Å². The number of nitrogens with one attached hydrogen (secondary N) is 1. The largest absolute Gasteiger partial charge is 0.348 e. The first-order chi connectivity index (χ1) is 9.73. The number of rotatable bonds is 7. The van der Waals surface area contributed by atoms with Crippen molar-refractivity contribution in [2.75, 3.05) is 12.0 Å². The number of aryl methyl sites for hydroxylation is 1. The van der Waals surface area contributed by atoms with Gasteiger partial charge in [-0.15, -0.1) is 0 Å². The second kappa shape index (κ2) is 7.56. The number of hydrogen-bond acceptors (Lipinski definition) is 4. The summed E-state index contributed by atoms with van der Waals surface area (Å²) in [5, 5.41) is 2.81. The summed E-state index contributed by atoms with van der Waals surface area (Å²) in [6.45, 7) is 3.96. The molecule has 0 aliphatic heterocycles. The molecule has 0 aliphatic carbocycles. The molecular formula is C15H24N2O3S. The van der Waals surface area contributed by atoms with Gasteiger partial charge in [0, 0.05) is 6.26 Å². The van der Waals surface area contributed by atoms with E-state index in [1.54, 1.807) is 0 Å². The Labute approximate surface area is 126 Å². The molecule has 21 heavy (non-hydrogen) atoms. The molecule has 0 radical (unpaired) electrons. The predicted molar refractivity (Wildman–Crippen MR) is 84.7 cm³/mol. The molecule has 0 heterocycles. The van der Waals surface area contributed by atoms with Crippen LogP contribution >= 0.6 is 0 Å². The van der Waals surface area contributed by atoms with Crippen molar-refractivity contribution in [3.05, 3.63) is 35.4 Å². The Bertz CT molecular complexity index is 567. The average molecular weight is 312 g/mol. The highest BCUT2D eigenvalue weighted by molar-refractivity contribution is 7.90. The van der Waals surface area contributed by atoms with Crippen molar-refractivity contribution in [2.45, 2.75) is 38.8 Å². The third kappa shape index (κ3) is 6.27. The fraction of sp³-hybridized carbons (Fsp3) is 0.533. The van der Waals surface area contributed by atoms with Crippen LogP contribution in [0.1, 0.15) is 37.4 Å². The predicted octanol–water partition coefficient (Wildman–Crippen LogP) is 1.19. The van der Waals surface area contributed by atoms with Crippen LogP contribution in [-0.2, 0) is 21.1 Å². The van der Waals surface area contributed by atoms with Crippen molar-refractivity contribution in [3.8, 4) is 0 Å². The molecule has 0 saturated heterocycles. The smallest absolute Gasteiger partial charge is 0.237 e. The second-order valence-electron chi connectivity index (χ2n) is 5.35. The van der Waals surface area contributed by atoms with Gasteiger partial charge in [0.1, 0.15) is 9.84 Å². The molecule has 3 N–H and O–H groups in total. The lowest BCUT2D eigenvalue weighted by atomic mass is 10.0. The molecule has 0 aliphatic rings. The maximum atomic E-state index is 11.9. The third-order valence-electron chi connectivity index (χ3n) is 3.38. The zero-order valence-electron chi connectivity index (χ0n) is 12.8. The van der Waals surface area contributed by atoms with Crippen molar-refractivity contribution in [3.63, 3.8) is 0 Å². The van der Waals surface area contributed by atoms with Gasteiger partial charge in [-0.2, -0.15) is 0 Å². The van der Waals surface area contributed by atoms with Crippen LogP contribution in [-0.4, -0.2) is 32.4 Å². The molecule has 1 aromatic carbocycles. The van der Waals surface area contributed by atoms with Crippen LogP contribution in [0, 0.1) is 0 Å². The lowest BCUT2D eigenvalue weighted by Crippen LogP contribution is -2.42. The van der Waals surface area contributed by atoms with E-state index in [1.807, 2.05) is 31.2 Å². The molecule has 6 heteroatoms. The van der Waals surface area contributed by atoms with Gasteiger partial charge in [0.2, 0.25) is 5.91 Å². The van der Waals surface area contributed by atoms with Crippen LogP contribution in [0.4, 0.5) is 0 Å². The van der Waals surface area contributed by atoms with E-state index in [9.17, 15) is 13.2 Å². The highest BCUT2D eigenvalue weighted by Crippen LogP contribution is 2.14. The lowest BCUT2D eigenvalue weighted by Gasteiger charge is -2.18. The van der Waals surface area contributed by atoms with E-state index < -0.39 is 15.9 Å². The van der Waals surface area contributed by atoms with E-state index in [0.717, 1.165) is 18.2 Å². The first-order valence-electron chi connectivity index (χ1n) is 7.05. The summed E-state index contributed by atoms with van der Waals surface area (Å²) in [7, 11) is -3.10. The van der Waals surface area contributed by atoms with Gasteiger partial charge in [-0.1, -0.05) is 31.2 Å². The molecule has 2 atom stereocenters. The van der Waals surface area contributed by atoms with E-state index in [1.165, 1.54) is 5.56 Å². The summed E-state index contributed by atoms with van der Waals surface area (Å²) < 4.78 is 22.2. The number of amides is 1. The molecule has 0 spiro atoms. The minimum absolute atomic E-state index is 0.0822. The summed E-state index contributed by atoms with van der Waals surface area (Å²) >= 11 is 0. The minimum atomic E-state index is -3.10. The van der Waals surface area contributed by atoms with Gasteiger partial charge in [-0.3, -0.25) is 4.79 Å². The highest BCUT2D eigenvalue weighted by atomic mass is 32.2. The summed E-state index contributed by atoms with van der Waals surface area (Å²) in [6.07, 6.45) is 2.24. The van der Waals surface area contributed by atoms with E-state index in [2.05, 4.69) is 12.2 Å². The van der Waals surface area contributed by atoms with E-state index >= 15 is 0 Å². The number of sulfone groups is 1. The maximum absolute atomic E-state index is 11.9. The van der Waals surface area contributed by atoms with Crippen molar-refractivity contribution in [1.29, 1.82) is 0 Å². The van der Waals surface area contributed by atoms with Crippen molar-refractivity contribution < 1.29 is 13.2 Å². The summed E-state index contributed by atoms with van der Waals surface area (Å²) in [4.78, 5) is 11.9. The lowest BCUT2D eigenvalue weighted by molar-refractivity contribution is -0.123. The number of nitrogens with two attached hydrogens (primary N) is 1. The fourth-order valence-electron chi connectivity index (χ4n) is 1.92. The Balaban J connectivity index is 2.56. The molecule has 0 fully saturated rings. The first-order valence-corrected chi connectivity index (χ1v) is 9.11. The number of hydrogen-bond donors (Lipinski definition) is 2. The Morgan fingerprint density at radius 2 is 1.86 bits per heavy atom. The molecule has 1 amide bonds. The molecule has 0 aromatic heterocycles. The van der Waals surface area contributed by atoms with Gasteiger partial charge in [0.15, 0.2) is 0 Å². The quantitative estimate of drug-likeness (QED) is 0.791. The first kappa shape index (κ1) is 17.7. The average Bonchev–Trinajstić information content (AvgIpc) is 2.43.